The van der Waals surface area contributed by atoms with E-state index in [1.807, 2.05) is 0 Å². The Morgan fingerprint density at radius 2 is 1.35 bits per heavy atom. The Morgan fingerprint density at radius 3 is 1.70 bits per heavy atom. The maximum atomic E-state index is 6.03. The molecule has 1 rings (SSSR count). The van der Waals surface area contributed by atoms with Crippen molar-refractivity contribution in [2.75, 3.05) is 6.61 Å². The van der Waals surface area contributed by atoms with Crippen molar-refractivity contribution in [3.8, 4) is 5.75 Å². The lowest BCUT2D eigenvalue weighted by atomic mass is 9.80. The largest absolute Gasteiger partial charge is 0.493 e. The van der Waals surface area contributed by atoms with Gasteiger partial charge < -0.3 is 4.74 Å². The topological polar surface area (TPSA) is 9.23 Å². The van der Waals surface area contributed by atoms with Gasteiger partial charge in [0.25, 0.3) is 0 Å². The van der Waals surface area contributed by atoms with Gasteiger partial charge in [0.05, 0.1) is 6.61 Å². The fourth-order valence-electron chi connectivity index (χ4n) is 1.90. The third-order valence-corrected chi connectivity index (χ3v) is 3.87. The van der Waals surface area contributed by atoms with Crippen LogP contribution in [0, 0.1) is 5.92 Å². The summed E-state index contributed by atoms with van der Waals surface area (Å²) in [7, 11) is 0. The molecule has 1 aromatic rings. The number of hydrogen-bond donors (Lipinski definition) is 0. The van der Waals surface area contributed by atoms with E-state index in [2.05, 4.69) is 73.6 Å². The monoisotopic (exact) mass is 276 g/mol. The minimum Gasteiger partial charge on any atom is -0.493 e. The van der Waals surface area contributed by atoms with Gasteiger partial charge in [0.1, 0.15) is 5.75 Å². The van der Waals surface area contributed by atoms with Gasteiger partial charge in [-0.1, -0.05) is 67.9 Å². The van der Waals surface area contributed by atoms with Crippen LogP contribution in [0.25, 0.3) is 0 Å². The van der Waals surface area contributed by atoms with Crippen LogP contribution in [0.15, 0.2) is 18.2 Å². The molecule has 0 aliphatic carbocycles. The molecule has 0 bridgehead atoms. The highest BCUT2D eigenvalue weighted by Crippen LogP contribution is 2.33. The number of hydrogen-bond acceptors (Lipinski definition) is 1. The predicted molar refractivity (Wildman–Crippen MR) is 88.8 cm³/mol. The van der Waals surface area contributed by atoms with Crippen molar-refractivity contribution in [3.63, 3.8) is 0 Å². The Balaban J connectivity index is 3.11. The lowest BCUT2D eigenvalue weighted by Crippen LogP contribution is -2.17. The van der Waals surface area contributed by atoms with E-state index in [9.17, 15) is 0 Å². The zero-order valence-electron chi connectivity index (χ0n) is 14.6. The second-order valence-electron chi connectivity index (χ2n) is 8.07. The quantitative estimate of drug-likeness (QED) is 0.684. The fraction of sp³-hybridized carbons (Fsp3) is 0.684. The van der Waals surface area contributed by atoms with E-state index in [1.54, 1.807) is 0 Å². The predicted octanol–water partition coefficient (Wildman–Crippen LogP) is 5.71. The normalized spacial score (nSPS) is 14.2. The summed E-state index contributed by atoms with van der Waals surface area (Å²) in [5.41, 5.74) is 3.00. The minimum absolute atomic E-state index is 0.149. The molecule has 0 saturated carbocycles. The van der Waals surface area contributed by atoms with Crippen LogP contribution < -0.4 is 4.74 Å². The zero-order chi connectivity index (χ0) is 15.6. The highest BCUT2D eigenvalue weighted by molar-refractivity contribution is 5.40. The van der Waals surface area contributed by atoms with E-state index in [4.69, 9.17) is 4.74 Å². The minimum atomic E-state index is 0.149. The molecular formula is C19H32O. The fourth-order valence-corrected chi connectivity index (χ4v) is 1.90. The average Bonchev–Trinajstić information content (AvgIpc) is 2.33. The molecule has 0 heterocycles. The van der Waals surface area contributed by atoms with Crippen molar-refractivity contribution in [2.45, 2.75) is 72.6 Å². The van der Waals surface area contributed by atoms with E-state index >= 15 is 0 Å². The third-order valence-electron chi connectivity index (χ3n) is 3.87. The van der Waals surface area contributed by atoms with Crippen LogP contribution >= 0.6 is 0 Å². The van der Waals surface area contributed by atoms with Gasteiger partial charge in [0, 0.05) is 0 Å². The molecule has 0 N–H and O–H groups in total. The molecule has 0 radical (unpaired) electrons. The Kier molecular flexibility index (Phi) is 5.29. The molecule has 1 atom stereocenters. The maximum Gasteiger partial charge on any atom is 0.119 e. The summed E-state index contributed by atoms with van der Waals surface area (Å²) >= 11 is 0. The van der Waals surface area contributed by atoms with Gasteiger partial charge in [-0.05, 0) is 40.0 Å². The van der Waals surface area contributed by atoms with E-state index < -0.39 is 0 Å². The third kappa shape index (κ3) is 4.85. The summed E-state index contributed by atoms with van der Waals surface area (Å²) in [6, 6.07) is 6.74. The van der Waals surface area contributed by atoms with Gasteiger partial charge in [-0.25, -0.2) is 0 Å². The molecule has 1 nitrogen and oxygen atoms in total. The van der Waals surface area contributed by atoms with Crippen molar-refractivity contribution in [2.24, 2.45) is 5.92 Å². The van der Waals surface area contributed by atoms with Crippen molar-refractivity contribution >= 4 is 0 Å². The zero-order valence-corrected chi connectivity index (χ0v) is 14.6. The Morgan fingerprint density at radius 1 is 0.900 bits per heavy atom. The number of benzene rings is 1. The SMILES string of the molecule is CCC(C)COc1cc(C(C)(C)C)cc(C(C)(C)C)c1. The van der Waals surface area contributed by atoms with Crippen LogP contribution in [0.4, 0.5) is 0 Å². The van der Waals surface area contributed by atoms with Crippen molar-refractivity contribution in [3.05, 3.63) is 29.3 Å². The first-order valence-corrected chi connectivity index (χ1v) is 7.83. The van der Waals surface area contributed by atoms with Crippen molar-refractivity contribution in [1.29, 1.82) is 0 Å². The number of rotatable bonds is 4. The van der Waals surface area contributed by atoms with Crippen molar-refractivity contribution in [1.82, 2.24) is 0 Å². The Hall–Kier alpha value is -0.980. The first kappa shape index (κ1) is 17.1. The second-order valence-corrected chi connectivity index (χ2v) is 8.07. The maximum absolute atomic E-state index is 6.03. The summed E-state index contributed by atoms with van der Waals surface area (Å²) < 4.78 is 6.03. The summed E-state index contributed by atoms with van der Waals surface area (Å²) in [5, 5.41) is 0. The molecule has 20 heavy (non-hydrogen) atoms. The van der Waals surface area contributed by atoms with Crippen LogP contribution in [-0.2, 0) is 10.8 Å². The first-order valence-electron chi connectivity index (χ1n) is 7.83. The Bertz CT molecular complexity index is 400. The van der Waals surface area contributed by atoms with Gasteiger partial charge in [-0.15, -0.1) is 0 Å². The molecule has 0 fully saturated rings. The molecule has 114 valence electrons. The molecule has 0 aliphatic heterocycles. The first-order chi connectivity index (χ1) is 9.04. The van der Waals surface area contributed by atoms with E-state index in [-0.39, 0.29) is 10.8 Å². The molecule has 0 saturated heterocycles. The smallest absolute Gasteiger partial charge is 0.119 e. The van der Waals surface area contributed by atoms with E-state index in [0.29, 0.717) is 5.92 Å². The van der Waals surface area contributed by atoms with Gasteiger partial charge in [-0.3, -0.25) is 0 Å². The summed E-state index contributed by atoms with van der Waals surface area (Å²) in [6.07, 6.45) is 1.16. The molecule has 1 unspecified atom stereocenters. The summed E-state index contributed by atoms with van der Waals surface area (Å²) in [5.74, 6) is 1.62. The van der Waals surface area contributed by atoms with Crippen LogP contribution in [0.5, 0.6) is 5.75 Å². The van der Waals surface area contributed by atoms with Crippen molar-refractivity contribution < 1.29 is 4.74 Å². The lowest BCUT2D eigenvalue weighted by molar-refractivity contribution is 0.255. The van der Waals surface area contributed by atoms with Gasteiger partial charge in [0.15, 0.2) is 0 Å². The second kappa shape index (κ2) is 6.20. The van der Waals surface area contributed by atoms with Gasteiger partial charge in [0.2, 0.25) is 0 Å². The van der Waals surface area contributed by atoms with E-state index in [0.717, 1.165) is 18.8 Å². The molecule has 1 heteroatoms. The number of ether oxygens (including phenoxy) is 1. The van der Waals surface area contributed by atoms with E-state index in [1.165, 1.54) is 11.1 Å². The van der Waals surface area contributed by atoms with Crippen LogP contribution in [0.1, 0.15) is 72.9 Å². The molecular weight excluding hydrogens is 244 g/mol. The molecule has 0 aliphatic rings. The highest BCUT2D eigenvalue weighted by Gasteiger charge is 2.21. The standard InChI is InChI=1S/C19H32O/c1-9-14(2)13-20-17-11-15(18(3,4)5)10-16(12-17)19(6,7)8/h10-12,14H,9,13H2,1-8H3. The molecule has 0 aromatic heterocycles. The average molecular weight is 276 g/mol. The van der Waals surface area contributed by atoms with Crippen LogP contribution in [0.3, 0.4) is 0 Å². The molecule has 0 amide bonds. The van der Waals surface area contributed by atoms with Crippen LogP contribution in [0.2, 0.25) is 0 Å². The Labute approximate surface area is 125 Å². The molecule has 0 spiro atoms. The van der Waals surface area contributed by atoms with Gasteiger partial charge >= 0.3 is 0 Å². The molecule has 1 aromatic carbocycles. The van der Waals surface area contributed by atoms with Gasteiger partial charge in [-0.2, -0.15) is 0 Å². The summed E-state index contributed by atoms with van der Waals surface area (Å²) in [6.45, 7) is 18.8. The highest BCUT2D eigenvalue weighted by atomic mass is 16.5. The van der Waals surface area contributed by atoms with Crippen LogP contribution in [-0.4, -0.2) is 6.61 Å². The lowest BCUT2D eigenvalue weighted by Gasteiger charge is -2.26. The summed E-state index contributed by atoms with van der Waals surface area (Å²) in [4.78, 5) is 0.